The van der Waals surface area contributed by atoms with Crippen LogP contribution in [0.2, 0.25) is 0 Å². The Morgan fingerprint density at radius 2 is 2.11 bits per heavy atom. The van der Waals surface area contributed by atoms with Crippen molar-refractivity contribution in [2.24, 2.45) is 0 Å². The van der Waals surface area contributed by atoms with Gasteiger partial charge in [-0.25, -0.2) is 8.42 Å². The third-order valence-corrected chi connectivity index (χ3v) is 5.95. The van der Waals surface area contributed by atoms with Crippen LogP contribution in [0.1, 0.15) is 19.8 Å². The molecule has 0 bridgehead atoms. The van der Waals surface area contributed by atoms with Gasteiger partial charge < -0.3 is 9.84 Å². The van der Waals surface area contributed by atoms with E-state index in [1.54, 1.807) is 0 Å². The van der Waals surface area contributed by atoms with Crippen LogP contribution in [-0.2, 0) is 24.3 Å². The average molecular weight is 311 g/mol. The maximum Gasteiger partial charge on any atom is 0.322 e. The maximum absolute atomic E-state index is 12.2. The Bertz CT molecular complexity index is 449. The zero-order valence-corrected chi connectivity index (χ0v) is 12.4. The van der Waals surface area contributed by atoms with Crippen molar-refractivity contribution in [3.05, 3.63) is 0 Å². The third-order valence-electron chi connectivity index (χ3n) is 2.71. The van der Waals surface area contributed by atoms with E-state index in [9.17, 15) is 18.0 Å². The molecule has 1 N–H and O–H groups in total. The second-order valence-electron chi connectivity index (χ2n) is 4.09. The maximum atomic E-state index is 12.2. The molecule has 1 fully saturated rings. The fourth-order valence-electron chi connectivity index (χ4n) is 1.84. The minimum atomic E-state index is -3.98. The number of methoxy groups -OCH3 is 1. The molecule has 0 spiro atoms. The van der Waals surface area contributed by atoms with Gasteiger partial charge in [0.1, 0.15) is 6.04 Å². The van der Waals surface area contributed by atoms with Crippen LogP contribution in [0, 0.1) is 0 Å². The van der Waals surface area contributed by atoms with Crippen molar-refractivity contribution in [2.45, 2.75) is 31.2 Å². The van der Waals surface area contributed by atoms with Gasteiger partial charge in [0, 0.05) is 5.75 Å². The second kappa shape index (κ2) is 6.58. The zero-order valence-electron chi connectivity index (χ0n) is 10.7. The van der Waals surface area contributed by atoms with Crippen LogP contribution in [0.4, 0.5) is 0 Å². The summed E-state index contributed by atoms with van der Waals surface area (Å²) in [5.41, 5.74) is 0. The van der Waals surface area contributed by atoms with Crippen LogP contribution in [0.15, 0.2) is 0 Å². The molecule has 0 radical (unpaired) electrons. The van der Waals surface area contributed by atoms with Crippen LogP contribution < -0.4 is 0 Å². The van der Waals surface area contributed by atoms with Gasteiger partial charge in [0.2, 0.25) is 10.0 Å². The SMILES string of the molecule is CCCC1SCC(C(=O)O)N1S(=O)(=O)CC(=O)OC. The first-order valence-corrected chi connectivity index (χ1v) is 8.41. The molecule has 0 aromatic carbocycles. The Hall–Kier alpha value is -0.800. The van der Waals surface area contributed by atoms with Crippen molar-refractivity contribution < 1.29 is 27.9 Å². The third kappa shape index (κ3) is 3.83. The predicted molar refractivity (Wildman–Crippen MR) is 70.2 cm³/mol. The zero-order chi connectivity index (χ0) is 14.6. The number of ether oxygens (including phenoxy) is 1. The summed E-state index contributed by atoms with van der Waals surface area (Å²) >= 11 is 1.29. The van der Waals surface area contributed by atoms with E-state index in [1.807, 2.05) is 6.92 Å². The summed E-state index contributed by atoms with van der Waals surface area (Å²) in [6.07, 6.45) is 1.28. The first-order chi connectivity index (χ1) is 8.83. The highest BCUT2D eigenvalue weighted by atomic mass is 32.2. The van der Waals surface area contributed by atoms with Crippen molar-refractivity contribution >= 4 is 33.7 Å². The van der Waals surface area contributed by atoms with E-state index in [0.717, 1.165) is 17.8 Å². The summed E-state index contributed by atoms with van der Waals surface area (Å²) < 4.78 is 29.6. The molecule has 0 amide bonds. The molecule has 1 aliphatic rings. The molecule has 2 unspecified atom stereocenters. The quantitative estimate of drug-likeness (QED) is 0.695. The highest BCUT2D eigenvalue weighted by Gasteiger charge is 2.45. The van der Waals surface area contributed by atoms with Crippen molar-refractivity contribution in [3.8, 4) is 0 Å². The number of carbonyl (C=O) groups is 2. The van der Waals surface area contributed by atoms with Crippen LogP contribution in [0.3, 0.4) is 0 Å². The van der Waals surface area contributed by atoms with E-state index < -0.39 is 39.1 Å². The number of thioether (sulfide) groups is 1. The lowest BCUT2D eigenvalue weighted by Gasteiger charge is -2.25. The molecule has 7 nitrogen and oxygen atoms in total. The lowest BCUT2D eigenvalue weighted by Crippen LogP contribution is -2.47. The second-order valence-corrected chi connectivity index (χ2v) is 7.18. The number of carboxylic acids is 1. The average Bonchev–Trinajstić information content (AvgIpc) is 2.73. The minimum Gasteiger partial charge on any atom is -0.480 e. The van der Waals surface area contributed by atoms with Gasteiger partial charge in [-0.15, -0.1) is 11.8 Å². The summed E-state index contributed by atoms with van der Waals surface area (Å²) in [6, 6.07) is -1.11. The van der Waals surface area contributed by atoms with E-state index in [1.165, 1.54) is 11.8 Å². The van der Waals surface area contributed by atoms with Gasteiger partial charge in [0.25, 0.3) is 0 Å². The fourth-order valence-corrected chi connectivity index (χ4v) is 5.50. The van der Waals surface area contributed by atoms with Crippen LogP contribution in [0.25, 0.3) is 0 Å². The Morgan fingerprint density at radius 3 is 2.58 bits per heavy atom. The smallest absolute Gasteiger partial charge is 0.322 e. The molecule has 0 saturated carbocycles. The Kier molecular flexibility index (Phi) is 5.63. The summed E-state index contributed by atoms with van der Waals surface area (Å²) in [5.74, 6) is -2.72. The molecule has 9 heteroatoms. The molecule has 1 rings (SSSR count). The van der Waals surface area contributed by atoms with Crippen LogP contribution in [0.5, 0.6) is 0 Å². The van der Waals surface area contributed by atoms with Crippen molar-refractivity contribution in [1.82, 2.24) is 4.31 Å². The molecule has 0 aromatic heterocycles. The Morgan fingerprint density at radius 1 is 1.47 bits per heavy atom. The summed E-state index contributed by atoms with van der Waals surface area (Å²) in [5, 5.41) is 8.66. The molecule has 1 aliphatic heterocycles. The Balaban J connectivity index is 3.00. The molecule has 110 valence electrons. The minimum absolute atomic E-state index is 0.195. The van der Waals surface area contributed by atoms with Crippen molar-refractivity contribution in [1.29, 1.82) is 0 Å². The molecular weight excluding hydrogens is 294 g/mol. The van der Waals surface area contributed by atoms with Crippen LogP contribution >= 0.6 is 11.8 Å². The molecular formula is C10H17NO6S2. The highest BCUT2D eigenvalue weighted by molar-refractivity contribution is 8.01. The molecule has 2 atom stereocenters. The number of hydrogen-bond donors (Lipinski definition) is 1. The molecule has 0 aromatic rings. The van der Waals surface area contributed by atoms with Gasteiger partial charge in [-0.3, -0.25) is 9.59 Å². The number of nitrogens with zero attached hydrogens (tertiary/aromatic N) is 1. The van der Waals surface area contributed by atoms with Crippen molar-refractivity contribution in [2.75, 3.05) is 18.6 Å². The first kappa shape index (κ1) is 16.3. The normalized spacial score (nSPS) is 24.3. The predicted octanol–water partition coefficient (Wildman–Crippen LogP) is 0.117. The van der Waals surface area contributed by atoms with Crippen LogP contribution in [-0.4, -0.2) is 59.8 Å². The van der Waals surface area contributed by atoms with Gasteiger partial charge >= 0.3 is 11.9 Å². The molecule has 19 heavy (non-hydrogen) atoms. The number of carbonyl (C=O) groups excluding carboxylic acids is 1. The number of rotatable bonds is 6. The van der Waals surface area contributed by atoms with Gasteiger partial charge in [-0.1, -0.05) is 13.3 Å². The first-order valence-electron chi connectivity index (χ1n) is 5.76. The standard InChI is InChI=1S/C10H17NO6S2/c1-3-4-8-11(7(5-18-8)10(13)14)19(15,16)6-9(12)17-2/h7-8H,3-6H2,1-2H3,(H,13,14). The number of sulfonamides is 1. The van der Waals surface area contributed by atoms with E-state index in [-0.39, 0.29) is 5.75 Å². The number of esters is 1. The van der Waals surface area contributed by atoms with Gasteiger partial charge in [-0.2, -0.15) is 4.31 Å². The summed E-state index contributed by atoms with van der Waals surface area (Å²) in [7, 11) is -2.89. The molecule has 1 heterocycles. The van der Waals surface area contributed by atoms with Gasteiger partial charge in [0.15, 0.2) is 5.75 Å². The lowest BCUT2D eigenvalue weighted by atomic mass is 10.3. The number of aliphatic carboxylic acids is 1. The molecule has 1 saturated heterocycles. The van der Waals surface area contributed by atoms with E-state index in [4.69, 9.17) is 5.11 Å². The Labute approximate surface area is 116 Å². The van der Waals surface area contributed by atoms with E-state index in [2.05, 4.69) is 4.74 Å². The largest absolute Gasteiger partial charge is 0.480 e. The fraction of sp³-hybridized carbons (Fsp3) is 0.800. The van der Waals surface area contributed by atoms with Crippen molar-refractivity contribution in [3.63, 3.8) is 0 Å². The molecule has 0 aliphatic carbocycles. The topological polar surface area (TPSA) is 101 Å². The monoisotopic (exact) mass is 311 g/mol. The van der Waals surface area contributed by atoms with E-state index in [0.29, 0.717) is 6.42 Å². The number of hydrogen-bond acceptors (Lipinski definition) is 6. The summed E-state index contributed by atoms with van der Waals surface area (Å²) in [4.78, 5) is 22.3. The van der Waals surface area contributed by atoms with Gasteiger partial charge in [0.05, 0.1) is 12.5 Å². The lowest BCUT2D eigenvalue weighted by molar-refractivity contribution is -0.141. The van der Waals surface area contributed by atoms with Gasteiger partial charge in [-0.05, 0) is 6.42 Å². The van der Waals surface area contributed by atoms with E-state index >= 15 is 0 Å². The number of carboxylic acid groups (broad SMARTS) is 1. The summed E-state index contributed by atoms with van der Waals surface area (Å²) in [6.45, 7) is 1.89. The highest BCUT2D eigenvalue weighted by Crippen LogP contribution is 2.34.